The second-order valence-corrected chi connectivity index (χ2v) is 7.23. The fraction of sp³-hybridized carbons (Fsp3) is 0.278. The average molecular weight is 463 g/mol. The van der Waals surface area contributed by atoms with E-state index >= 15 is 0 Å². The first-order valence-corrected chi connectivity index (χ1v) is 8.75. The molecule has 0 heterocycles. The largest absolute Gasteiger partial charge is 0.456 e. The van der Waals surface area contributed by atoms with Gasteiger partial charge >= 0.3 is 12.1 Å². The number of halogens is 4. The molecule has 0 N–H and O–H groups in total. The first-order chi connectivity index (χ1) is 14.2. The summed E-state index contributed by atoms with van der Waals surface area (Å²) in [6.07, 6.45) is -4.62. The number of nitro benzene ring substituents is 1. The van der Waals surface area contributed by atoms with Gasteiger partial charge in [0.2, 0.25) is 5.54 Å². The van der Waals surface area contributed by atoms with Gasteiger partial charge in [0.15, 0.2) is 6.61 Å². The maximum Gasteiger partial charge on any atom is 0.416 e. The third-order valence-electron chi connectivity index (χ3n) is 3.92. The smallest absolute Gasteiger partial charge is 0.416 e. The summed E-state index contributed by atoms with van der Waals surface area (Å²) in [6, 6.07) is 5.25. The second-order valence-electron chi connectivity index (χ2n) is 6.83. The van der Waals surface area contributed by atoms with Gasteiger partial charge in [-0.05, 0) is 24.3 Å². The Hall–Kier alpha value is -3.41. The second kappa shape index (κ2) is 8.76. The average Bonchev–Trinajstić information content (AvgIpc) is 2.66. The summed E-state index contributed by atoms with van der Waals surface area (Å²) in [7, 11) is 0. The topological polar surface area (TPSA) is 122 Å². The third kappa shape index (κ3) is 5.81. The van der Waals surface area contributed by atoms with E-state index in [0.717, 1.165) is 30.3 Å². The molecular formula is C18H14ClF3N2O7. The number of hydrogen-bond donors (Lipinski definition) is 0. The van der Waals surface area contributed by atoms with Gasteiger partial charge in [0, 0.05) is 30.9 Å². The van der Waals surface area contributed by atoms with Crippen molar-refractivity contribution in [3.63, 3.8) is 0 Å². The molecule has 13 heteroatoms. The highest BCUT2D eigenvalue weighted by Crippen LogP contribution is 2.37. The van der Waals surface area contributed by atoms with Gasteiger partial charge in [0.25, 0.3) is 5.69 Å². The minimum absolute atomic E-state index is 0.159. The lowest BCUT2D eigenvalue weighted by Crippen LogP contribution is -2.37. The Bertz CT molecular complexity index is 1040. The van der Waals surface area contributed by atoms with Crippen molar-refractivity contribution < 1.29 is 37.3 Å². The van der Waals surface area contributed by atoms with Crippen molar-refractivity contribution in [3.8, 4) is 11.5 Å². The number of hydrogen-bond acceptors (Lipinski definition) is 7. The van der Waals surface area contributed by atoms with Crippen molar-refractivity contribution in [2.24, 2.45) is 0 Å². The zero-order valence-electron chi connectivity index (χ0n) is 15.9. The van der Waals surface area contributed by atoms with Crippen LogP contribution in [-0.4, -0.2) is 28.0 Å². The number of nitro groups is 2. The molecular weight excluding hydrogens is 449 g/mol. The van der Waals surface area contributed by atoms with Crippen LogP contribution in [0.15, 0.2) is 36.4 Å². The lowest BCUT2D eigenvalue weighted by atomic mass is 10.1. The van der Waals surface area contributed by atoms with E-state index in [1.54, 1.807) is 0 Å². The van der Waals surface area contributed by atoms with Crippen molar-refractivity contribution in [2.75, 3.05) is 6.61 Å². The fourth-order valence-corrected chi connectivity index (χ4v) is 2.38. The molecule has 9 nitrogen and oxygen atoms in total. The zero-order valence-corrected chi connectivity index (χ0v) is 16.7. The van der Waals surface area contributed by atoms with Crippen LogP contribution >= 0.6 is 11.6 Å². The molecule has 2 aromatic rings. The van der Waals surface area contributed by atoms with Crippen molar-refractivity contribution in [1.82, 2.24) is 0 Å². The van der Waals surface area contributed by atoms with Gasteiger partial charge in [-0.25, -0.2) is 4.79 Å². The van der Waals surface area contributed by atoms with E-state index in [-0.39, 0.29) is 16.5 Å². The lowest BCUT2D eigenvalue weighted by molar-refractivity contribution is -0.563. The van der Waals surface area contributed by atoms with Crippen LogP contribution in [0.25, 0.3) is 0 Å². The van der Waals surface area contributed by atoms with Crippen LogP contribution in [0.3, 0.4) is 0 Å². The number of ether oxygens (including phenoxy) is 2. The number of carbonyl (C=O) groups is 1. The van der Waals surface area contributed by atoms with E-state index in [1.807, 2.05) is 0 Å². The Kier molecular flexibility index (Phi) is 6.74. The van der Waals surface area contributed by atoms with Crippen molar-refractivity contribution in [3.05, 3.63) is 72.8 Å². The van der Waals surface area contributed by atoms with Gasteiger partial charge in [-0.2, -0.15) is 13.2 Å². The summed E-state index contributed by atoms with van der Waals surface area (Å²) >= 11 is 5.81. The standard InChI is InChI=1S/C18H14ClF3N2O7/c1-17(2,24(28)29)9-30-16(25)12-8-11(4-5-14(12)23(26)27)31-15-6-3-10(7-13(15)19)18(20,21)22/h3-8H,9H2,1-2H3. The molecule has 0 bridgehead atoms. The van der Waals surface area contributed by atoms with Crippen LogP contribution < -0.4 is 4.74 Å². The van der Waals surface area contributed by atoms with Gasteiger partial charge in [-0.3, -0.25) is 20.2 Å². The molecule has 0 aliphatic carbocycles. The Morgan fingerprint density at radius 3 is 2.26 bits per heavy atom. The van der Waals surface area contributed by atoms with Crippen LogP contribution in [0, 0.1) is 20.2 Å². The van der Waals surface area contributed by atoms with Crippen LogP contribution in [0.4, 0.5) is 18.9 Å². The van der Waals surface area contributed by atoms with E-state index in [2.05, 4.69) is 0 Å². The maximum atomic E-state index is 12.7. The summed E-state index contributed by atoms with van der Waals surface area (Å²) in [5.41, 5.74) is -3.86. The molecule has 0 unspecified atom stereocenters. The first-order valence-electron chi connectivity index (χ1n) is 8.37. The monoisotopic (exact) mass is 462 g/mol. The number of carbonyl (C=O) groups excluding carboxylic acids is 1. The van der Waals surface area contributed by atoms with Gasteiger partial charge in [-0.1, -0.05) is 11.6 Å². The first kappa shape index (κ1) is 23.9. The van der Waals surface area contributed by atoms with E-state index in [4.69, 9.17) is 21.1 Å². The summed E-state index contributed by atoms with van der Waals surface area (Å²) in [4.78, 5) is 32.9. The van der Waals surface area contributed by atoms with Gasteiger partial charge < -0.3 is 9.47 Å². The predicted molar refractivity (Wildman–Crippen MR) is 101 cm³/mol. The van der Waals surface area contributed by atoms with Crippen LogP contribution in [0.2, 0.25) is 5.02 Å². The normalized spacial score (nSPS) is 11.7. The maximum absolute atomic E-state index is 12.7. The predicted octanol–water partition coefficient (Wildman–Crippen LogP) is 5.27. The van der Waals surface area contributed by atoms with Gasteiger partial charge in [0.1, 0.15) is 17.1 Å². The van der Waals surface area contributed by atoms with Crippen LogP contribution in [0.1, 0.15) is 29.8 Å². The fourth-order valence-electron chi connectivity index (χ4n) is 2.16. The molecule has 0 saturated heterocycles. The highest BCUT2D eigenvalue weighted by Gasteiger charge is 2.34. The van der Waals surface area contributed by atoms with E-state index < -0.39 is 51.0 Å². The molecule has 0 aromatic heterocycles. The summed E-state index contributed by atoms with van der Waals surface area (Å²) < 4.78 is 48.4. The molecule has 0 aliphatic heterocycles. The molecule has 0 spiro atoms. The molecule has 31 heavy (non-hydrogen) atoms. The van der Waals surface area contributed by atoms with Crippen molar-refractivity contribution in [1.29, 1.82) is 0 Å². The van der Waals surface area contributed by atoms with E-state index in [9.17, 15) is 38.2 Å². The van der Waals surface area contributed by atoms with Crippen molar-refractivity contribution in [2.45, 2.75) is 25.6 Å². The van der Waals surface area contributed by atoms with E-state index in [0.29, 0.717) is 6.07 Å². The Balaban J connectivity index is 2.32. The highest BCUT2D eigenvalue weighted by atomic mass is 35.5. The molecule has 0 radical (unpaired) electrons. The Morgan fingerprint density at radius 2 is 1.74 bits per heavy atom. The van der Waals surface area contributed by atoms with Crippen LogP contribution in [0.5, 0.6) is 11.5 Å². The molecule has 0 atom stereocenters. The zero-order chi connectivity index (χ0) is 23.6. The number of alkyl halides is 3. The highest BCUT2D eigenvalue weighted by molar-refractivity contribution is 6.32. The summed E-state index contributed by atoms with van der Waals surface area (Å²) in [5.74, 6) is -1.57. The molecule has 0 aliphatic rings. The van der Waals surface area contributed by atoms with Gasteiger partial charge in [0.05, 0.1) is 15.5 Å². The molecule has 0 saturated carbocycles. The Labute approximate surface area is 177 Å². The number of benzene rings is 2. The number of rotatable bonds is 7. The van der Waals surface area contributed by atoms with Gasteiger partial charge in [-0.15, -0.1) is 0 Å². The minimum Gasteiger partial charge on any atom is -0.456 e. The van der Waals surface area contributed by atoms with Crippen molar-refractivity contribution >= 4 is 23.3 Å². The Morgan fingerprint density at radius 1 is 1.10 bits per heavy atom. The van der Waals surface area contributed by atoms with E-state index in [1.165, 1.54) is 13.8 Å². The SMILES string of the molecule is CC(C)(COC(=O)c1cc(Oc2ccc(C(F)(F)F)cc2Cl)ccc1[N+](=O)[O-])[N+](=O)[O-]. The third-order valence-corrected chi connectivity index (χ3v) is 4.22. The molecule has 166 valence electrons. The quantitative estimate of drug-likeness (QED) is 0.312. The molecule has 2 aromatic carbocycles. The summed E-state index contributed by atoms with van der Waals surface area (Å²) in [6.45, 7) is 1.73. The van der Waals surface area contributed by atoms with Crippen LogP contribution in [-0.2, 0) is 10.9 Å². The summed E-state index contributed by atoms with van der Waals surface area (Å²) in [5, 5.41) is 21.8. The lowest BCUT2D eigenvalue weighted by Gasteiger charge is -2.15. The molecule has 0 fully saturated rings. The number of nitrogens with zero attached hydrogens (tertiary/aromatic N) is 2. The minimum atomic E-state index is -4.62. The number of esters is 1. The molecule has 0 amide bonds. The molecule has 2 rings (SSSR count).